The van der Waals surface area contributed by atoms with Crippen LogP contribution in [0.4, 0.5) is 0 Å². The van der Waals surface area contributed by atoms with E-state index in [0.29, 0.717) is 13.0 Å². The number of carbonyl (C=O) groups excluding carboxylic acids is 1. The summed E-state index contributed by atoms with van der Waals surface area (Å²) >= 11 is 0. The number of amides is 1. The van der Waals surface area contributed by atoms with Gasteiger partial charge in [0.1, 0.15) is 0 Å². The molecule has 104 valence electrons. The topological polar surface area (TPSA) is 42.0 Å². The van der Waals surface area contributed by atoms with Crippen molar-refractivity contribution >= 4 is 5.91 Å². The van der Waals surface area contributed by atoms with Crippen LogP contribution in [0.15, 0.2) is 54.7 Å². The Morgan fingerprint density at radius 2 is 1.80 bits per heavy atom. The number of nitrogens with zero attached hydrogens (tertiary/aromatic N) is 1. The highest BCUT2D eigenvalue weighted by Gasteiger charge is 2.01. The number of benzene rings is 1. The first-order valence-corrected chi connectivity index (χ1v) is 7.05. The van der Waals surface area contributed by atoms with E-state index in [9.17, 15) is 4.79 Å². The highest BCUT2D eigenvalue weighted by Crippen LogP contribution is 2.06. The molecule has 1 aromatic carbocycles. The molecule has 0 aliphatic carbocycles. The van der Waals surface area contributed by atoms with Crippen molar-refractivity contribution in [3.8, 4) is 0 Å². The Bertz CT molecular complexity index is 511. The third-order valence-corrected chi connectivity index (χ3v) is 3.15. The molecule has 3 nitrogen and oxygen atoms in total. The van der Waals surface area contributed by atoms with Gasteiger partial charge in [-0.1, -0.05) is 36.4 Å². The van der Waals surface area contributed by atoms with E-state index >= 15 is 0 Å². The lowest BCUT2D eigenvalue weighted by molar-refractivity contribution is -0.121. The molecule has 2 rings (SSSR count). The number of hydrogen-bond donors (Lipinski definition) is 1. The van der Waals surface area contributed by atoms with Gasteiger partial charge in [-0.2, -0.15) is 0 Å². The first-order valence-electron chi connectivity index (χ1n) is 7.05. The molecule has 1 heterocycles. The molecule has 0 unspecified atom stereocenters. The number of pyridine rings is 1. The number of nitrogens with one attached hydrogen (secondary N) is 1. The van der Waals surface area contributed by atoms with Crippen molar-refractivity contribution in [2.75, 3.05) is 0 Å². The van der Waals surface area contributed by atoms with Crippen molar-refractivity contribution in [1.29, 1.82) is 0 Å². The Balaban J connectivity index is 1.59. The van der Waals surface area contributed by atoms with E-state index in [4.69, 9.17) is 0 Å². The molecule has 20 heavy (non-hydrogen) atoms. The maximum absolute atomic E-state index is 11.7. The first kappa shape index (κ1) is 14.3. The zero-order chi connectivity index (χ0) is 14.0. The Hall–Kier alpha value is -2.16. The zero-order valence-corrected chi connectivity index (χ0v) is 11.6. The van der Waals surface area contributed by atoms with Crippen LogP contribution in [-0.2, 0) is 17.8 Å². The molecule has 0 saturated carbocycles. The molecule has 0 spiro atoms. The summed E-state index contributed by atoms with van der Waals surface area (Å²) in [6.07, 6.45) is 5.32. The van der Waals surface area contributed by atoms with Crippen LogP contribution < -0.4 is 5.32 Å². The lowest BCUT2D eigenvalue weighted by Gasteiger charge is -2.05. The molecular formula is C17H20N2O. The number of carbonyl (C=O) groups is 1. The summed E-state index contributed by atoms with van der Waals surface area (Å²) in [5.74, 6) is 0.101. The predicted octanol–water partition coefficient (Wildman–Crippen LogP) is 3.11. The molecule has 0 aliphatic rings. The summed E-state index contributed by atoms with van der Waals surface area (Å²) in [4.78, 5) is 15.9. The fourth-order valence-corrected chi connectivity index (χ4v) is 2.04. The second-order valence-electron chi connectivity index (χ2n) is 4.79. The monoisotopic (exact) mass is 268 g/mol. The summed E-state index contributed by atoms with van der Waals surface area (Å²) in [5.41, 5.74) is 2.23. The Labute approximate surface area is 120 Å². The molecule has 3 heteroatoms. The van der Waals surface area contributed by atoms with Gasteiger partial charge in [0.2, 0.25) is 5.91 Å². The summed E-state index contributed by atoms with van der Waals surface area (Å²) in [6.45, 7) is 0.512. The van der Waals surface area contributed by atoms with Crippen molar-refractivity contribution in [1.82, 2.24) is 10.3 Å². The van der Waals surface area contributed by atoms with Crippen LogP contribution in [0.1, 0.15) is 30.5 Å². The maximum Gasteiger partial charge on any atom is 0.220 e. The highest BCUT2D eigenvalue weighted by atomic mass is 16.1. The molecule has 1 amide bonds. The van der Waals surface area contributed by atoms with Gasteiger partial charge in [0.25, 0.3) is 0 Å². The number of unbranched alkanes of at least 4 members (excludes halogenated alkanes) is 1. The van der Waals surface area contributed by atoms with Crippen molar-refractivity contribution < 1.29 is 4.79 Å². The third-order valence-electron chi connectivity index (χ3n) is 3.15. The van der Waals surface area contributed by atoms with Crippen LogP contribution in [0, 0.1) is 0 Å². The Morgan fingerprint density at radius 1 is 1.00 bits per heavy atom. The minimum absolute atomic E-state index is 0.101. The van der Waals surface area contributed by atoms with Gasteiger partial charge >= 0.3 is 0 Å². The number of aryl methyl sites for hydroxylation is 1. The van der Waals surface area contributed by atoms with Gasteiger partial charge < -0.3 is 5.32 Å². The SMILES string of the molecule is O=C(CCCCc1ccccc1)NCc1ccccn1. The van der Waals surface area contributed by atoms with Gasteiger partial charge in [-0.15, -0.1) is 0 Å². The summed E-state index contributed by atoms with van der Waals surface area (Å²) in [6, 6.07) is 16.1. The maximum atomic E-state index is 11.7. The average Bonchev–Trinajstić information content (AvgIpc) is 2.52. The Morgan fingerprint density at radius 3 is 2.55 bits per heavy atom. The largest absolute Gasteiger partial charge is 0.350 e. The summed E-state index contributed by atoms with van der Waals surface area (Å²) < 4.78 is 0. The molecule has 0 radical (unpaired) electrons. The smallest absolute Gasteiger partial charge is 0.220 e. The lowest BCUT2D eigenvalue weighted by atomic mass is 10.1. The van der Waals surface area contributed by atoms with E-state index < -0.39 is 0 Å². The quantitative estimate of drug-likeness (QED) is 0.784. The molecule has 0 bridgehead atoms. The molecule has 1 aromatic heterocycles. The van der Waals surface area contributed by atoms with Gasteiger partial charge in [-0.3, -0.25) is 9.78 Å². The van der Waals surface area contributed by atoms with Gasteiger partial charge in [0.15, 0.2) is 0 Å². The summed E-state index contributed by atoms with van der Waals surface area (Å²) in [7, 11) is 0. The van der Waals surface area contributed by atoms with E-state index in [2.05, 4.69) is 34.6 Å². The van der Waals surface area contributed by atoms with Crippen molar-refractivity contribution in [2.45, 2.75) is 32.2 Å². The van der Waals surface area contributed by atoms with Crippen LogP contribution in [0.25, 0.3) is 0 Å². The number of hydrogen-bond acceptors (Lipinski definition) is 2. The molecule has 0 saturated heterocycles. The number of rotatable bonds is 7. The van der Waals surface area contributed by atoms with E-state index in [1.54, 1.807) is 6.20 Å². The fraction of sp³-hybridized carbons (Fsp3) is 0.294. The van der Waals surface area contributed by atoms with Crippen LogP contribution in [0.2, 0.25) is 0 Å². The standard InChI is InChI=1S/C17H20N2O/c20-17(19-14-16-11-6-7-13-18-16)12-5-4-10-15-8-2-1-3-9-15/h1-3,6-9,11,13H,4-5,10,12,14H2,(H,19,20). The first-order chi connectivity index (χ1) is 9.84. The van der Waals surface area contributed by atoms with Crippen LogP contribution >= 0.6 is 0 Å². The molecule has 0 aliphatic heterocycles. The van der Waals surface area contributed by atoms with E-state index in [1.807, 2.05) is 24.3 Å². The van der Waals surface area contributed by atoms with Crippen LogP contribution in [0.5, 0.6) is 0 Å². The van der Waals surface area contributed by atoms with Gasteiger partial charge in [-0.25, -0.2) is 0 Å². The molecular weight excluding hydrogens is 248 g/mol. The fourth-order valence-electron chi connectivity index (χ4n) is 2.04. The molecule has 0 atom stereocenters. The lowest BCUT2D eigenvalue weighted by Crippen LogP contribution is -2.22. The van der Waals surface area contributed by atoms with Crippen molar-refractivity contribution in [3.63, 3.8) is 0 Å². The third kappa shape index (κ3) is 5.22. The molecule has 2 aromatic rings. The van der Waals surface area contributed by atoms with Crippen molar-refractivity contribution in [3.05, 3.63) is 66.0 Å². The average molecular weight is 268 g/mol. The van der Waals surface area contributed by atoms with Crippen molar-refractivity contribution in [2.24, 2.45) is 0 Å². The normalized spacial score (nSPS) is 10.2. The minimum atomic E-state index is 0.101. The van der Waals surface area contributed by atoms with Crippen LogP contribution in [0.3, 0.4) is 0 Å². The predicted molar refractivity (Wildman–Crippen MR) is 80.1 cm³/mol. The second kappa shape index (κ2) is 8.10. The summed E-state index contributed by atoms with van der Waals surface area (Å²) in [5, 5.41) is 2.90. The van der Waals surface area contributed by atoms with Gasteiger partial charge in [0, 0.05) is 12.6 Å². The molecule has 0 fully saturated rings. The Kier molecular flexibility index (Phi) is 5.77. The van der Waals surface area contributed by atoms with E-state index in [-0.39, 0.29) is 5.91 Å². The van der Waals surface area contributed by atoms with E-state index in [1.165, 1.54) is 5.56 Å². The zero-order valence-electron chi connectivity index (χ0n) is 11.6. The second-order valence-corrected chi connectivity index (χ2v) is 4.79. The van der Waals surface area contributed by atoms with Gasteiger partial charge in [0.05, 0.1) is 12.2 Å². The highest BCUT2D eigenvalue weighted by molar-refractivity contribution is 5.75. The molecule has 1 N–H and O–H groups in total. The minimum Gasteiger partial charge on any atom is -0.350 e. The van der Waals surface area contributed by atoms with Gasteiger partial charge in [-0.05, 0) is 37.0 Å². The van der Waals surface area contributed by atoms with Crippen LogP contribution in [-0.4, -0.2) is 10.9 Å². The number of aromatic nitrogens is 1. The van der Waals surface area contributed by atoms with E-state index in [0.717, 1.165) is 25.0 Å².